The number of benzene rings is 1. The molecule has 2 rings (SSSR count). The molecule has 1 aromatic heterocycles. The predicted octanol–water partition coefficient (Wildman–Crippen LogP) is 2.32. The molecule has 0 bridgehead atoms. The maximum Gasteiger partial charge on any atom is 0.355 e. The second-order valence-corrected chi connectivity index (χ2v) is 6.73. The average Bonchev–Trinajstić information content (AvgIpc) is 2.99. The van der Waals surface area contributed by atoms with Crippen molar-refractivity contribution < 1.29 is 33.4 Å². The first-order valence-corrected chi connectivity index (χ1v) is 9.20. The van der Waals surface area contributed by atoms with Gasteiger partial charge in [-0.3, -0.25) is 14.9 Å². The first kappa shape index (κ1) is 22.7. The molecule has 2 amide bonds. The summed E-state index contributed by atoms with van der Waals surface area (Å²) in [5, 5.41) is 2.13. The highest BCUT2D eigenvalue weighted by molar-refractivity contribution is 6.07. The van der Waals surface area contributed by atoms with Crippen molar-refractivity contribution in [1.82, 2.24) is 10.3 Å². The fraction of sp³-hybridized carbons (Fsp3) is 0.333. The minimum Gasteiger partial charge on any atom is -0.496 e. The topological polar surface area (TPSA) is 124 Å². The number of imide groups is 1. The van der Waals surface area contributed by atoms with Crippen LogP contribution in [0.5, 0.6) is 5.75 Å². The van der Waals surface area contributed by atoms with E-state index in [1.807, 2.05) is 0 Å². The van der Waals surface area contributed by atoms with Crippen LogP contribution in [0, 0.1) is 13.8 Å². The summed E-state index contributed by atoms with van der Waals surface area (Å²) in [6.07, 6.45) is -0.314. The van der Waals surface area contributed by atoms with Gasteiger partial charge in [-0.2, -0.15) is 0 Å². The highest BCUT2D eigenvalue weighted by Gasteiger charge is 2.25. The fourth-order valence-corrected chi connectivity index (χ4v) is 2.80. The van der Waals surface area contributed by atoms with E-state index in [2.05, 4.69) is 10.3 Å². The zero-order valence-electron chi connectivity index (χ0n) is 17.5. The molecule has 0 aliphatic heterocycles. The van der Waals surface area contributed by atoms with Crippen molar-refractivity contribution in [3.8, 4) is 5.75 Å². The van der Waals surface area contributed by atoms with Gasteiger partial charge in [0, 0.05) is 5.69 Å². The third-order valence-electron chi connectivity index (χ3n) is 4.13. The number of methoxy groups -OCH3 is 1. The zero-order chi connectivity index (χ0) is 22.4. The van der Waals surface area contributed by atoms with Gasteiger partial charge in [0.05, 0.1) is 24.3 Å². The van der Waals surface area contributed by atoms with E-state index in [-0.39, 0.29) is 22.9 Å². The SMILES string of the molecule is COc1ccccc1C(=O)NC(=O)COC(=O)c1[nH]c(C)c(C(=O)OC(C)C)c1C. The Morgan fingerprint density at radius 1 is 1.07 bits per heavy atom. The minimum atomic E-state index is -0.834. The van der Waals surface area contributed by atoms with Gasteiger partial charge in [0.25, 0.3) is 11.8 Å². The number of aryl methyl sites for hydroxylation is 1. The molecular weight excluding hydrogens is 392 g/mol. The largest absolute Gasteiger partial charge is 0.496 e. The van der Waals surface area contributed by atoms with Gasteiger partial charge in [-0.05, 0) is 45.4 Å². The second kappa shape index (κ2) is 9.73. The van der Waals surface area contributed by atoms with Crippen LogP contribution in [0.1, 0.15) is 56.3 Å². The molecule has 9 heteroatoms. The summed E-state index contributed by atoms with van der Waals surface area (Å²) in [6, 6.07) is 6.39. The smallest absolute Gasteiger partial charge is 0.355 e. The van der Waals surface area contributed by atoms with Crippen molar-refractivity contribution in [1.29, 1.82) is 0 Å². The Morgan fingerprint density at radius 2 is 1.73 bits per heavy atom. The molecule has 0 fully saturated rings. The first-order chi connectivity index (χ1) is 14.1. The standard InChI is InChI=1S/C21H24N2O7/c1-11(2)30-20(26)17-12(3)18(22-13(17)4)21(27)29-10-16(24)23-19(25)14-8-6-7-9-15(14)28-5/h6-9,11,22H,10H2,1-5H3,(H,23,24,25). The molecular formula is C21H24N2O7. The van der Waals surface area contributed by atoms with Crippen LogP contribution in [0.25, 0.3) is 0 Å². The van der Waals surface area contributed by atoms with Crippen molar-refractivity contribution in [3.63, 3.8) is 0 Å². The molecule has 9 nitrogen and oxygen atoms in total. The summed E-state index contributed by atoms with van der Waals surface area (Å²) in [6.45, 7) is 5.95. The van der Waals surface area contributed by atoms with Gasteiger partial charge >= 0.3 is 11.9 Å². The third-order valence-corrected chi connectivity index (χ3v) is 4.13. The highest BCUT2D eigenvalue weighted by Crippen LogP contribution is 2.20. The summed E-state index contributed by atoms with van der Waals surface area (Å²) < 4.78 is 15.2. The van der Waals surface area contributed by atoms with E-state index < -0.39 is 30.4 Å². The lowest BCUT2D eigenvalue weighted by Gasteiger charge is -2.09. The van der Waals surface area contributed by atoms with Crippen LogP contribution in [-0.4, -0.2) is 48.6 Å². The van der Waals surface area contributed by atoms with Crippen LogP contribution in [0.4, 0.5) is 0 Å². The van der Waals surface area contributed by atoms with Crippen molar-refractivity contribution in [2.24, 2.45) is 0 Å². The summed E-state index contributed by atoms with van der Waals surface area (Å²) in [5.41, 5.74) is 1.25. The van der Waals surface area contributed by atoms with Crippen LogP contribution in [0.15, 0.2) is 24.3 Å². The predicted molar refractivity (Wildman–Crippen MR) is 107 cm³/mol. The molecule has 0 saturated carbocycles. The van der Waals surface area contributed by atoms with Gasteiger partial charge in [0.15, 0.2) is 6.61 Å². The second-order valence-electron chi connectivity index (χ2n) is 6.73. The summed E-state index contributed by atoms with van der Waals surface area (Å²) in [4.78, 5) is 51.5. The molecule has 0 saturated heterocycles. The Morgan fingerprint density at radius 3 is 2.37 bits per heavy atom. The minimum absolute atomic E-state index is 0.0343. The number of nitrogens with one attached hydrogen (secondary N) is 2. The number of carbonyl (C=O) groups excluding carboxylic acids is 4. The van der Waals surface area contributed by atoms with Crippen LogP contribution < -0.4 is 10.1 Å². The van der Waals surface area contributed by atoms with Gasteiger partial charge in [-0.1, -0.05) is 12.1 Å². The lowest BCUT2D eigenvalue weighted by Crippen LogP contribution is -2.34. The van der Waals surface area contributed by atoms with E-state index in [0.29, 0.717) is 17.0 Å². The van der Waals surface area contributed by atoms with E-state index in [1.54, 1.807) is 45.9 Å². The Hall–Kier alpha value is -3.62. The summed E-state index contributed by atoms with van der Waals surface area (Å²) in [7, 11) is 1.40. The number of para-hydroxylation sites is 1. The maximum atomic E-state index is 12.3. The molecule has 0 unspecified atom stereocenters. The maximum absolute atomic E-state index is 12.3. The number of amides is 2. The van der Waals surface area contributed by atoms with E-state index in [0.717, 1.165) is 0 Å². The Labute approximate surface area is 173 Å². The average molecular weight is 416 g/mol. The number of aromatic nitrogens is 1. The number of aromatic amines is 1. The Bertz CT molecular complexity index is 976. The van der Waals surface area contributed by atoms with E-state index >= 15 is 0 Å². The molecule has 160 valence electrons. The van der Waals surface area contributed by atoms with Crippen LogP contribution in [0.2, 0.25) is 0 Å². The molecule has 0 atom stereocenters. The van der Waals surface area contributed by atoms with E-state index in [9.17, 15) is 19.2 Å². The summed E-state index contributed by atoms with van der Waals surface area (Å²) in [5.74, 6) is -2.58. The number of ether oxygens (including phenoxy) is 3. The van der Waals surface area contributed by atoms with Gasteiger partial charge in [0.2, 0.25) is 0 Å². The fourth-order valence-electron chi connectivity index (χ4n) is 2.80. The van der Waals surface area contributed by atoms with Gasteiger partial charge in [-0.25, -0.2) is 9.59 Å². The van der Waals surface area contributed by atoms with E-state index in [1.165, 1.54) is 13.2 Å². The molecule has 30 heavy (non-hydrogen) atoms. The van der Waals surface area contributed by atoms with Crippen LogP contribution in [-0.2, 0) is 14.3 Å². The van der Waals surface area contributed by atoms with Gasteiger partial charge < -0.3 is 19.2 Å². The molecule has 0 radical (unpaired) electrons. The monoisotopic (exact) mass is 416 g/mol. The number of carbonyl (C=O) groups is 4. The number of hydrogen-bond donors (Lipinski definition) is 2. The molecule has 1 heterocycles. The van der Waals surface area contributed by atoms with Crippen molar-refractivity contribution in [3.05, 3.63) is 52.3 Å². The number of hydrogen-bond acceptors (Lipinski definition) is 7. The molecule has 0 aliphatic rings. The molecule has 0 aliphatic carbocycles. The number of H-pyrrole nitrogens is 1. The first-order valence-electron chi connectivity index (χ1n) is 9.20. The lowest BCUT2D eigenvalue weighted by molar-refractivity contribution is -0.123. The van der Waals surface area contributed by atoms with E-state index in [4.69, 9.17) is 14.2 Å². The Kier molecular flexibility index (Phi) is 7.35. The van der Waals surface area contributed by atoms with Gasteiger partial charge in [0.1, 0.15) is 11.4 Å². The van der Waals surface area contributed by atoms with Gasteiger partial charge in [-0.15, -0.1) is 0 Å². The zero-order valence-corrected chi connectivity index (χ0v) is 17.5. The molecule has 2 N–H and O–H groups in total. The molecule has 1 aromatic carbocycles. The lowest BCUT2D eigenvalue weighted by atomic mass is 10.1. The third kappa shape index (κ3) is 5.25. The number of rotatable bonds is 7. The van der Waals surface area contributed by atoms with Crippen LogP contribution >= 0.6 is 0 Å². The Balaban J connectivity index is 2.01. The highest BCUT2D eigenvalue weighted by atomic mass is 16.5. The van der Waals surface area contributed by atoms with Crippen molar-refractivity contribution in [2.75, 3.05) is 13.7 Å². The molecule has 0 spiro atoms. The molecule has 2 aromatic rings. The quantitative estimate of drug-likeness (QED) is 0.664. The van der Waals surface area contributed by atoms with Crippen molar-refractivity contribution >= 4 is 23.8 Å². The summed E-state index contributed by atoms with van der Waals surface area (Å²) >= 11 is 0. The van der Waals surface area contributed by atoms with Crippen LogP contribution in [0.3, 0.4) is 0 Å². The number of esters is 2. The van der Waals surface area contributed by atoms with Crippen molar-refractivity contribution in [2.45, 2.75) is 33.8 Å². The normalized spacial score (nSPS) is 10.5.